The van der Waals surface area contributed by atoms with Crippen molar-refractivity contribution in [3.63, 3.8) is 0 Å². The first kappa shape index (κ1) is 8.53. The van der Waals surface area contributed by atoms with Gasteiger partial charge in [0.25, 0.3) is 0 Å². The summed E-state index contributed by atoms with van der Waals surface area (Å²) < 4.78 is 3.04. The van der Waals surface area contributed by atoms with E-state index in [1.807, 2.05) is 11.4 Å². The van der Waals surface area contributed by atoms with Crippen molar-refractivity contribution in [2.75, 3.05) is 0 Å². The van der Waals surface area contributed by atoms with Crippen molar-refractivity contribution >= 4 is 53.3 Å². The molecular weight excluding hydrogens is 304 g/mol. The van der Waals surface area contributed by atoms with Gasteiger partial charge in [-0.2, -0.15) is 0 Å². The minimum absolute atomic E-state index is 0.321. The minimum atomic E-state index is 0.321. The van der Waals surface area contributed by atoms with Crippen LogP contribution in [-0.2, 0) is 0 Å². The van der Waals surface area contributed by atoms with Gasteiger partial charge in [0.1, 0.15) is 5.75 Å². The Labute approximate surface area is 90.3 Å². The summed E-state index contributed by atoms with van der Waals surface area (Å²) in [5.41, 5.74) is 0. The molecule has 2 aromatic rings. The molecule has 62 valence electrons. The average Bonchev–Trinajstić information content (AvgIpc) is 2.42. The van der Waals surface area contributed by atoms with Crippen LogP contribution in [0, 0.1) is 0 Å². The van der Waals surface area contributed by atoms with Crippen molar-refractivity contribution in [1.82, 2.24) is 0 Å². The van der Waals surface area contributed by atoms with E-state index < -0.39 is 0 Å². The summed E-state index contributed by atoms with van der Waals surface area (Å²) in [7, 11) is 0. The summed E-state index contributed by atoms with van der Waals surface area (Å²) in [4.78, 5) is 0. The lowest BCUT2D eigenvalue weighted by Gasteiger charge is -1.97. The van der Waals surface area contributed by atoms with Crippen LogP contribution >= 0.6 is 43.2 Å². The molecule has 1 N–H and O–H groups in total. The van der Waals surface area contributed by atoms with Crippen LogP contribution in [0.4, 0.5) is 0 Å². The Morgan fingerprint density at radius 1 is 1.17 bits per heavy atom. The SMILES string of the molecule is Oc1ccc(Br)c2scc(Br)c12. The Balaban J connectivity index is 2.98. The van der Waals surface area contributed by atoms with Gasteiger partial charge in [0.05, 0.1) is 4.70 Å². The van der Waals surface area contributed by atoms with E-state index in [0.29, 0.717) is 5.75 Å². The molecule has 1 aromatic carbocycles. The summed E-state index contributed by atoms with van der Waals surface area (Å²) in [6, 6.07) is 3.53. The Hall–Kier alpha value is -0.0600. The van der Waals surface area contributed by atoms with Gasteiger partial charge in [0.15, 0.2) is 0 Å². The zero-order valence-corrected chi connectivity index (χ0v) is 9.83. The summed E-state index contributed by atoms with van der Waals surface area (Å²) in [5, 5.41) is 12.4. The normalized spacial score (nSPS) is 10.8. The molecule has 0 amide bonds. The molecule has 12 heavy (non-hydrogen) atoms. The average molecular weight is 308 g/mol. The van der Waals surface area contributed by atoms with Gasteiger partial charge >= 0.3 is 0 Å². The molecule has 0 radical (unpaired) electrons. The molecule has 0 unspecified atom stereocenters. The third-order valence-electron chi connectivity index (χ3n) is 1.61. The van der Waals surface area contributed by atoms with Crippen molar-refractivity contribution in [2.24, 2.45) is 0 Å². The maximum Gasteiger partial charge on any atom is 0.125 e. The molecule has 4 heteroatoms. The molecule has 0 saturated heterocycles. The number of fused-ring (bicyclic) bond motifs is 1. The van der Waals surface area contributed by atoms with Gasteiger partial charge < -0.3 is 5.11 Å². The maximum atomic E-state index is 9.52. The highest BCUT2D eigenvalue weighted by molar-refractivity contribution is 9.11. The number of thiophene rings is 1. The first-order valence-electron chi connectivity index (χ1n) is 3.24. The van der Waals surface area contributed by atoms with Crippen molar-refractivity contribution < 1.29 is 5.11 Å². The lowest BCUT2D eigenvalue weighted by Crippen LogP contribution is -1.69. The van der Waals surface area contributed by atoms with Gasteiger partial charge in [-0.3, -0.25) is 0 Å². The number of phenolic OH excluding ortho intramolecular Hbond substituents is 1. The predicted octanol–water partition coefficient (Wildman–Crippen LogP) is 4.13. The van der Waals surface area contributed by atoms with Gasteiger partial charge in [-0.15, -0.1) is 11.3 Å². The number of benzene rings is 1. The predicted molar refractivity (Wildman–Crippen MR) is 58.9 cm³/mol. The molecule has 1 nitrogen and oxygen atoms in total. The second kappa shape index (κ2) is 3.01. The molecule has 0 atom stereocenters. The molecule has 1 aromatic heterocycles. The zero-order valence-electron chi connectivity index (χ0n) is 5.84. The van der Waals surface area contributed by atoms with Crippen molar-refractivity contribution in [3.05, 3.63) is 26.5 Å². The molecule has 0 saturated carbocycles. The van der Waals surface area contributed by atoms with Crippen LogP contribution in [0.5, 0.6) is 5.75 Å². The van der Waals surface area contributed by atoms with Crippen molar-refractivity contribution in [1.29, 1.82) is 0 Å². The van der Waals surface area contributed by atoms with E-state index in [1.54, 1.807) is 17.4 Å². The molecule has 1 heterocycles. The number of hydrogen-bond donors (Lipinski definition) is 1. The van der Waals surface area contributed by atoms with E-state index in [4.69, 9.17) is 0 Å². The molecule has 0 aliphatic carbocycles. The highest BCUT2D eigenvalue weighted by Gasteiger charge is 2.08. The van der Waals surface area contributed by atoms with Crippen LogP contribution in [0.1, 0.15) is 0 Å². The Kier molecular flexibility index (Phi) is 2.14. The van der Waals surface area contributed by atoms with E-state index in [2.05, 4.69) is 31.9 Å². The van der Waals surface area contributed by atoms with E-state index >= 15 is 0 Å². The molecular formula is C8H4Br2OS. The van der Waals surface area contributed by atoms with Crippen LogP contribution in [0.25, 0.3) is 10.1 Å². The standard InChI is InChI=1S/C8H4Br2OS/c9-4-1-2-6(11)7-5(10)3-12-8(4)7/h1-3,11H. The Morgan fingerprint density at radius 3 is 2.58 bits per heavy atom. The lowest BCUT2D eigenvalue weighted by molar-refractivity contribution is 0.481. The van der Waals surface area contributed by atoms with Gasteiger partial charge in [-0.1, -0.05) is 0 Å². The maximum absolute atomic E-state index is 9.52. The molecule has 0 fully saturated rings. The van der Waals surface area contributed by atoms with E-state index in [1.165, 1.54) is 0 Å². The van der Waals surface area contributed by atoms with E-state index in [0.717, 1.165) is 19.0 Å². The second-order valence-corrected chi connectivity index (χ2v) is 4.94. The summed E-state index contributed by atoms with van der Waals surface area (Å²) in [6.07, 6.45) is 0. The third kappa shape index (κ3) is 1.18. The number of aromatic hydroxyl groups is 1. The molecule has 0 spiro atoms. The van der Waals surface area contributed by atoms with E-state index in [9.17, 15) is 5.11 Å². The molecule has 2 rings (SSSR count). The number of hydrogen-bond acceptors (Lipinski definition) is 2. The van der Waals surface area contributed by atoms with Crippen LogP contribution in [0.15, 0.2) is 26.5 Å². The number of rotatable bonds is 0. The molecule has 0 aliphatic rings. The molecule has 0 aliphatic heterocycles. The van der Waals surface area contributed by atoms with Crippen LogP contribution < -0.4 is 0 Å². The van der Waals surface area contributed by atoms with Crippen molar-refractivity contribution in [3.8, 4) is 5.75 Å². The van der Waals surface area contributed by atoms with Gasteiger partial charge in [-0.05, 0) is 44.0 Å². The first-order valence-corrected chi connectivity index (χ1v) is 5.71. The van der Waals surface area contributed by atoms with Gasteiger partial charge in [0, 0.05) is 19.7 Å². The Morgan fingerprint density at radius 2 is 1.92 bits per heavy atom. The molecule has 0 bridgehead atoms. The summed E-state index contributed by atoms with van der Waals surface area (Å²) >= 11 is 8.41. The van der Waals surface area contributed by atoms with Crippen LogP contribution in [0.3, 0.4) is 0 Å². The van der Waals surface area contributed by atoms with E-state index in [-0.39, 0.29) is 0 Å². The number of halogens is 2. The lowest BCUT2D eigenvalue weighted by atomic mass is 10.2. The van der Waals surface area contributed by atoms with Gasteiger partial charge in [0.2, 0.25) is 0 Å². The smallest absolute Gasteiger partial charge is 0.125 e. The fourth-order valence-corrected chi connectivity index (χ4v) is 3.34. The first-order chi connectivity index (χ1) is 5.70. The highest BCUT2D eigenvalue weighted by Crippen LogP contribution is 2.40. The third-order valence-corrected chi connectivity index (χ3v) is 4.47. The van der Waals surface area contributed by atoms with Crippen molar-refractivity contribution in [2.45, 2.75) is 0 Å². The quantitative estimate of drug-likeness (QED) is 0.776. The Bertz CT molecular complexity index is 436. The number of phenols is 1. The highest BCUT2D eigenvalue weighted by atomic mass is 79.9. The fourth-order valence-electron chi connectivity index (χ4n) is 1.06. The van der Waals surface area contributed by atoms with Crippen LogP contribution in [-0.4, -0.2) is 5.11 Å². The summed E-state index contributed by atoms with van der Waals surface area (Å²) in [6.45, 7) is 0. The fraction of sp³-hybridized carbons (Fsp3) is 0. The largest absolute Gasteiger partial charge is 0.507 e. The summed E-state index contributed by atoms with van der Waals surface area (Å²) in [5.74, 6) is 0.321. The van der Waals surface area contributed by atoms with Gasteiger partial charge in [-0.25, -0.2) is 0 Å². The van der Waals surface area contributed by atoms with Crippen LogP contribution in [0.2, 0.25) is 0 Å². The zero-order chi connectivity index (χ0) is 8.72. The topological polar surface area (TPSA) is 20.2 Å². The monoisotopic (exact) mass is 306 g/mol. The minimum Gasteiger partial charge on any atom is -0.507 e. The second-order valence-electron chi connectivity index (χ2n) is 2.35.